The smallest absolute Gasteiger partial charge is 0.329 e. The summed E-state index contributed by atoms with van der Waals surface area (Å²) >= 11 is 9.36. The lowest BCUT2D eigenvalue weighted by atomic mass is 10.0. The van der Waals surface area contributed by atoms with E-state index >= 15 is 0 Å². The van der Waals surface area contributed by atoms with Gasteiger partial charge in [0.1, 0.15) is 18.4 Å². The van der Waals surface area contributed by atoms with Gasteiger partial charge >= 0.3 is 5.97 Å². The van der Waals surface area contributed by atoms with Gasteiger partial charge < -0.3 is 14.8 Å². The van der Waals surface area contributed by atoms with E-state index in [1.165, 1.54) is 12.1 Å². The number of nitro groups is 1. The van der Waals surface area contributed by atoms with Crippen molar-refractivity contribution in [3.8, 4) is 5.75 Å². The highest BCUT2D eigenvalue weighted by atomic mass is 79.9. The van der Waals surface area contributed by atoms with Crippen molar-refractivity contribution < 1.29 is 24.0 Å². The van der Waals surface area contributed by atoms with Crippen LogP contribution in [0.2, 0.25) is 5.02 Å². The molecule has 2 aromatic rings. The van der Waals surface area contributed by atoms with E-state index in [0.717, 1.165) is 16.1 Å². The van der Waals surface area contributed by atoms with Crippen molar-refractivity contribution in [3.05, 3.63) is 67.1 Å². The minimum atomic E-state index is -0.926. The molecule has 0 radical (unpaired) electrons. The highest BCUT2D eigenvalue weighted by Crippen LogP contribution is 2.26. The predicted octanol–water partition coefficient (Wildman–Crippen LogP) is 4.52. The number of carbonyl (C=O) groups is 2. The first-order chi connectivity index (χ1) is 14.1. The maximum Gasteiger partial charge on any atom is 0.329 e. The number of halogens is 2. The Labute approximate surface area is 186 Å². The van der Waals surface area contributed by atoms with Crippen molar-refractivity contribution in [1.29, 1.82) is 0 Å². The summed E-state index contributed by atoms with van der Waals surface area (Å²) < 4.78 is 11.2. The topological polar surface area (TPSA) is 108 Å². The van der Waals surface area contributed by atoms with Crippen LogP contribution in [0.15, 0.2) is 40.9 Å². The molecule has 160 valence electrons. The summed E-state index contributed by atoms with van der Waals surface area (Å²) in [6.07, 6.45) is 0. The van der Waals surface area contributed by atoms with Crippen LogP contribution in [0.5, 0.6) is 5.75 Å². The summed E-state index contributed by atoms with van der Waals surface area (Å²) in [4.78, 5) is 35.3. The van der Waals surface area contributed by atoms with Gasteiger partial charge in [-0.2, -0.15) is 0 Å². The van der Waals surface area contributed by atoms with Crippen LogP contribution in [0.1, 0.15) is 29.8 Å². The summed E-state index contributed by atoms with van der Waals surface area (Å²) in [6.45, 7) is 3.53. The minimum absolute atomic E-state index is 0.0127. The zero-order valence-corrected chi connectivity index (χ0v) is 18.8. The molecular weight excluding hydrogens is 480 g/mol. The molecule has 30 heavy (non-hydrogen) atoms. The van der Waals surface area contributed by atoms with E-state index in [1.807, 2.05) is 0 Å². The average Bonchev–Trinajstić information content (AvgIpc) is 2.69. The molecular formula is C20H20BrClN2O6. The quantitative estimate of drug-likeness (QED) is 0.325. The van der Waals surface area contributed by atoms with Crippen molar-refractivity contribution in [1.82, 2.24) is 5.32 Å². The molecule has 0 unspecified atom stereocenters. The van der Waals surface area contributed by atoms with Crippen molar-refractivity contribution in [3.63, 3.8) is 0 Å². The number of nitro benzene ring substituents is 1. The molecule has 0 aliphatic carbocycles. The Kier molecular flexibility index (Phi) is 8.19. The Balaban J connectivity index is 2.08. The monoisotopic (exact) mass is 498 g/mol. The first-order valence-electron chi connectivity index (χ1n) is 8.88. The number of nitrogens with zero attached hydrogens (tertiary/aromatic N) is 1. The number of benzene rings is 2. The zero-order chi connectivity index (χ0) is 22.4. The summed E-state index contributed by atoms with van der Waals surface area (Å²) in [6, 6.07) is 7.85. The maximum atomic E-state index is 12.6. The molecule has 0 fully saturated rings. The van der Waals surface area contributed by atoms with Gasteiger partial charge in [-0.1, -0.05) is 31.5 Å². The molecule has 0 saturated carbocycles. The van der Waals surface area contributed by atoms with Gasteiger partial charge in [0.2, 0.25) is 0 Å². The van der Waals surface area contributed by atoms with Crippen LogP contribution in [-0.4, -0.2) is 30.0 Å². The van der Waals surface area contributed by atoms with Crippen LogP contribution in [-0.2, 0) is 16.1 Å². The molecule has 0 bridgehead atoms. The Morgan fingerprint density at radius 3 is 2.47 bits per heavy atom. The second-order valence-corrected chi connectivity index (χ2v) is 7.95. The van der Waals surface area contributed by atoms with Crippen LogP contribution in [0.3, 0.4) is 0 Å². The number of esters is 1. The summed E-state index contributed by atoms with van der Waals surface area (Å²) in [7, 11) is 1.55. The first kappa shape index (κ1) is 23.6. The molecule has 8 nitrogen and oxygen atoms in total. The number of carbonyl (C=O) groups excluding carboxylic acids is 2. The van der Waals surface area contributed by atoms with Gasteiger partial charge in [0.15, 0.2) is 0 Å². The minimum Gasteiger partial charge on any atom is -0.496 e. The molecule has 10 heteroatoms. The number of rotatable bonds is 8. The van der Waals surface area contributed by atoms with Gasteiger partial charge in [0.05, 0.1) is 27.1 Å². The molecule has 1 N–H and O–H groups in total. The highest BCUT2D eigenvalue weighted by Gasteiger charge is 2.27. The highest BCUT2D eigenvalue weighted by molar-refractivity contribution is 9.10. The van der Waals surface area contributed by atoms with E-state index in [2.05, 4.69) is 21.2 Å². The first-order valence-corrected chi connectivity index (χ1v) is 10.0. The fourth-order valence-electron chi connectivity index (χ4n) is 2.56. The average molecular weight is 500 g/mol. The molecule has 2 aromatic carbocycles. The van der Waals surface area contributed by atoms with Crippen LogP contribution in [0.25, 0.3) is 0 Å². The Morgan fingerprint density at radius 2 is 1.93 bits per heavy atom. The number of methoxy groups -OCH3 is 1. The van der Waals surface area contributed by atoms with Gasteiger partial charge in [-0.3, -0.25) is 14.9 Å². The second kappa shape index (κ2) is 10.4. The third kappa shape index (κ3) is 5.93. The van der Waals surface area contributed by atoms with Crippen molar-refractivity contribution >= 4 is 45.1 Å². The second-order valence-electron chi connectivity index (χ2n) is 6.69. The van der Waals surface area contributed by atoms with E-state index in [9.17, 15) is 19.7 Å². The third-order valence-electron chi connectivity index (χ3n) is 4.21. The normalized spacial score (nSPS) is 11.7. The lowest BCUT2D eigenvalue weighted by Crippen LogP contribution is -2.45. The van der Waals surface area contributed by atoms with E-state index in [4.69, 9.17) is 21.1 Å². The van der Waals surface area contributed by atoms with Gasteiger partial charge in [0.25, 0.3) is 11.6 Å². The lowest BCUT2D eigenvalue weighted by Gasteiger charge is -2.21. The van der Waals surface area contributed by atoms with Crippen LogP contribution in [0, 0.1) is 16.0 Å². The van der Waals surface area contributed by atoms with Crippen molar-refractivity contribution in [2.24, 2.45) is 5.92 Å². The van der Waals surface area contributed by atoms with Crippen LogP contribution in [0.4, 0.5) is 5.69 Å². The molecule has 0 heterocycles. The third-order valence-corrected chi connectivity index (χ3v) is 5.15. The summed E-state index contributed by atoms with van der Waals surface area (Å²) in [5.41, 5.74) is 0.532. The van der Waals surface area contributed by atoms with E-state index < -0.39 is 22.8 Å². The van der Waals surface area contributed by atoms with Crippen molar-refractivity contribution in [2.45, 2.75) is 26.5 Å². The molecule has 1 amide bonds. The SMILES string of the molecule is COc1ccc(COC(=O)[C@@H](NC(=O)c2ccc([N+](=O)[O-])cc2Cl)C(C)C)cc1Br. The lowest BCUT2D eigenvalue weighted by molar-refractivity contribution is -0.384. The molecule has 0 spiro atoms. The number of amides is 1. The zero-order valence-electron chi connectivity index (χ0n) is 16.5. The Bertz CT molecular complexity index is 966. The van der Waals surface area contributed by atoms with E-state index in [0.29, 0.717) is 5.75 Å². The maximum absolute atomic E-state index is 12.6. The fraction of sp³-hybridized carbons (Fsp3) is 0.300. The Hall–Kier alpha value is -2.65. The van der Waals surface area contributed by atoms with Crippen LogP contribution < -0.4 is 10.1 Å². The molecule has 2 rings (SSSR count). The predicted molar refractivity (Wildman–Crippen MR) is 115 cm³/mol. The number of non-ortho nitro benzene ring substituents is 1. The number of hydrogen-bond acceptors (Lipinski definition) is 6. The molecule has 1 atom stereocenters. The Morgan fingerprint density at radius 1 is 1.23 bits per heavy atom. The molecule has 0 saturated heterocycles. The molecule has 0 aliphatic heterocycles. The number of nitrogens with one attached hydrogen (secondary N) is 1. The molecule has 0 aromatic heterocycles. The summed E-state index contributed by atoms with van der Waals surface area (Å²) in [5, 5.41) is 13.3. The van der Waals surface area contributed by atoms with E-state index in [1.54, 1.807) is 39.2 Å². The van der Waals surface area contributed by atoms with Gasteiger partial charge in [-0.25, -0.2) is 4.79 Å². The van der Waals surface area contributed by atoms with Gasteiger partial charge in [-0.05, 0) is 45.6 Å². The number of hydrogen-bond donors (Lipinski definition) is 1. The number of ether oxygens (including phenoxy) is 2. The molecule has 0 aliphatic rings. The van der Waals surface area contributed by atoms with Crippen LogP contribution >= 0.6 is 27.5 Å². The largest absolute Gasteiger partial charge is 0.496 e. The van der Waals surface area contributed by atoms with Crippen molar-refractivity contribution in [2.75, 3.05) is 7.11 Å². The summed E-state index contributed by atoms with van der Waals surface area (Å²) in [5.74, 6) is -0.848. The van der Waals surface area contributed by atoms with Gasteiger partial charge in [-0.15, -0.1) is 0 Å². The standard InChI is InChI=1S/C20H20BrClN2O6/c1-11(2)18(20(26)30-10-12-4-7-17(29-3)15(21)8-12)23-19(25)14-6-5-13(24(27)28)9-16(14)22/h4-9,11,18H,10H2,1-3H3,(H,23,25)/t18-/m0/s1. The van der Waals surface area contributed by atoms with Gasteiger partial charge in [0, 0.05) is 12.1 Å². The fourth-order valence-corrected chi connectivity index (χ4v) is 3.41. The van der Waals surface area contributed by atoms with E-state index in [-0.39, 0.29) is 28.8 Å².